The number of hydrogen-bond donors (Lipinski definition) is 1. The third-order valence-corrected chi connectivity index (χ3v) is 6.82. The van der Waals surface area contributed by atoms with Gasteiger partial charge >= 0.3 is 0 Å². The summed E-state index contributed by atoms with van der Waals surface area (Å²) in [5.74, 6) is 1.02. The first-order valence-electron chi connectivity index (χ1n) is 9.40. The third-order valence-electron chi connectivity index (χ3n) is 5.20. The normalized spacial score (nSPS) is 16.9. The highest BCUT2D eigenvalue weighted by Gasteiger charge is 2.32. The number of benzene rings is 1. The van der Waals surface area contributed by atoms with Crippen LogP contribution in [0.5, 0.6) is 0 Å². The Bertz CT molecular complexity index is 1130. The summed E-state index contributed by atoms with van der Waals surface area (Å²) in [6, 6.07) is 8.30. The first-order chi connectivity index (χ1) is 13.7. The highest BCUT2D eigenvalue weighted by Crippen LogP contribution is 2.32. The van der Waals surface area contributed by atoms with Gasteiger partial charge in [0.25, 0.3) is 0 Å². The maximum absolute atomic E-state index is 13.0. The molecule has 1 N–H and O–H groups in total. The van der Waals surface area contributed by atoms with Gasteiger partial charge in [-0.1, -0.05) is 6.07 Å². The van der Waals surface area contributed by atoms with Gasteiger partial charge < -0.3 is 9.88 Å². The van der Waals surface area contributed by atoms with Gasteiger partial charge in [-0.25, -0.2) is 9.97 Å². The molecule has 1 aliphatic heterocycles. The molecule has 5 nitrogen and oxygen atoms in total. The molecule has 1 aliphatic rings. The summed E-state index contributed by atoms with van der Waals surface area (Å²) in [4.78, 5) is 27.8. The molecule has 4 aromatic rings. The maximum atomic E-state index is 13.0. The molecular weight excluding hydrogens is 388 g/mol. The minimum atomic E-state index is 0.0233. The number of rotatable bonds is 4. The van der Waals surface area contributed by atoms with E-state index in [4.69, 9.17) is 4.98 Å². The SMILES string of the molecule is Cc1ccc2nc([C@H]3CCCN3C(=O)Cc3csc(-c4ccsc4)n3)[nH]c2c1. The number of thiophene rings is 1. The Kier molecular flexibility index (Phi) is 4.49. The Balaban J connectivity index is 1.35. The molecule has 0 radical (unpaired) electrons. The molecule has 3 aromatic heterocycles. The van der Waals surface area contributed by atoms with E-state index in [1.54, 1.807) is 22.7 Å². The Morgan fingerprint density at radius 1 is 1.29 bits per heavy atom. The number of nitrogens with zero attached hydrogens (tertiary/aromatic N) is 3. The van der Waals surface area contributed by atoms with E-state index in [9.17, 15) is 4.79 Å². The second-order valence-electron chi connectivity index (χ2n) is 7.22. The molecule has 0 aliphatic carbocycles. The van der Waals surface area contributed by atoms with Crippen LogP contribution in [0.1, 0.15) is 36.0 Å². The standard InChI is InChI=1S/C21H20N4OS2/c1-13-4-5-16-17(9-13)24-20(23-16)18-3-2-7-25(18)19(26)10-15-12-28-21(22-15)14-6-8-27-11-14/h4-6,8-9,11-12,18H,2-3,7,10H2,1H3,(H,23,24)/t18-/m1/s1. The number of nitrogens with one attached hydrogen (secondary N) is 1. The Morgan fingerprint density at radius 2 is 2.21 bits per heavy atom. The predicted octanol–water partition coefficient (Wildman–Crippen LogP) is 4.96. The van der Waals surface area contributed by atoms with E-state index in [1.165, 1.54) is 5.56 Å². The molecule has 1 saturated heterocycles. The average Bonchev–Trinajstić information content (AvgIpc) is 3.44. The molecule has 4 heterocycles. The van der Waals surface area contributed by atoms with Gasteiger partial charge in [-0.3, -0.25) is 4.79 Å². The highest BCUT2D eigenvalue weighted by atomic mass is 32.1. The Morgan fingerprint density at radius 3 is 3.07 bits per heavy atom. The molecule has 142 valence electrons. The fraction of sp³-hybridized carbons (Fsp3) is 0.286. The zero-order valence-electron chi connectivity index (χ0n) is 15.5. The predicted molar refractivity (Wildman–Crippen MR) is 114 cm³/mol. The van der Waals surface area contributed by atoms with Crippen molar-refractivity contribution in [1.82, 2.24) is 19.9 Å². The number of likely N-dealkylation sites (tertiary alicyclic amines) is 1. The number of hydrogen-bond acceptors (Lipinski definition) is 5. The van der Waals surface area contributed by atoms with Crippen LogP contribution in [0.4, 0.5) is 0 Å². The highest BCUT2D eigenvalue weighted by molar-refractivity contribution is 7.14. The van der Waals surface area contributed by atoms with Crippen LogP contribution < -0.4 is 0 Å². The fourth-order valence-corrected chi connectivity index (χ4v) is 5.35. The van der Waals surface area contributed by atoms with E-state index in [1.807, 2.05) is 21.7 Å². The van der Waals surface area contributed by atoms with Crippen LogP contribution in [0.3, 0.4) is 0 Å². The summed E-state index contributed by atoms with van der Waals surface area (Å²) in [5.41, 5.74) is 5.17. The number of H-pyrrole nitrogens is 1. The second kappa shape index (κ2) is 7.14. The molecule has 0 unspecified atom stereocenters. The van der Waals surface area contributed by atoms with Gasteiger partial charge in [0, 0.05) is 22.9 Å². The maximum Gasteiger partial charge on any atom is 0.229 e. The lowest BCUT2D eigenvalue weighted by atomic mass is 10.2. The summed E-state index contributed by atoms with van der Waals surface area (Å²) >= 11 is 3.26. The van der Waals surface area contributed by atoms with Crippen LogP contribution >= 0.6 is 22.7 Å². The molecule has 28 heavy (non-hydrogen) atoms. The molecule has 5 rings (SSSR count). The van der Waals surface area contributed by atoms with Crippen molar-refractivity contribution in [3.8, 4) is 10.6 Å². The van der Waals surface area contributed by atoms with E-state index in [0.29, 0.717) is 6.42 Å². The number of aromatic nitrogens is 3. The number of carbonyl (C=O) groups is 1. The lowest BCUT2D eigenvalue weighted by Gasteiger charge is -2.22. The van der Waals surface area contributed by atoms with Crippen molar-refractivity contribution in [3.05, 3.63) is 57.5 Å². The van der Waals surface area contributed by atoms with Crippen molar-refractivity contribution in [3.63, 3.8) is 0 Å². The topological polar surface area (TPSA) is 61.9 Å². The summed E-state index contributed by atoms with van der Waals surface area (Å²) in [7, 11) is 0. The largest absolute Gasteiger partial charge is 0.340 e. The smallest absolute Gasteiger partial charge is 0.229 e. The lowest BCUT2D eigenvalue weighted by molar-refractivity contribution is -0.131. The fourth-order valence-electron chi connectivity index (χ4n) is 3.81. The van der Waals surface area contributed by atoms with Gasteiger partial charge in [0.15, 0.2) is 0 Å². The van der Waals surface area contributed by atoms with Crippen molar-refractivity contribution in [2.75, 3.05) is 6.54 Å². The van der Waals surface area contributed by atoms with Gasteiger partial charge in [-0.15, -0.1) is 11.3 Å². The van der Waals surface area contributed by atoms with Crippen molar-refractivity contribution in [2.45, 2.75) is 32.2 Å². The average molecular weight is 409 g/mol. The number of aryl methyl sites for hydroxylation is 1. The number of amides is 1. The minimum Gasteiger partial charge on any atom is -0.340 e. The van der Waals surface area contributed by atoms with E-state index in [2.05, 4.69) is 40.5 Å². The molecule has 1 aromatic carbocycles. The van der Waals surface area contributed by atoms with Crippen LogP contribution in [-0.4, -0.2) is 32.3 Å². The van der Waals surface area contributed by atoms with Gasteiger partial charge in [0.2, 0.25) is 5.91 Å². The van der Waals surface area contributed by atoms with E-state index in [-0.39, 0.29) is 11.9 Å². The van der Waals surface area contributed by atoms with Crippen LogP contribution in [0, 0.1) is 6.92 Å². The van der Waals surface area contributed by atoms with Gasteiger partial charge in [-0.05, 0) is 48.9 Å². The zero-order valence-corrected chi connectivity index (χ0v) is 17.1. The zero-order chi connectivity index (χ0) is 19.1. The first kappa shape index (κ1) is 17.6. The number of fused-ring (bicyclic) bond motifs is 1. The third kappa shape index (κ3) is 3.25. The van der Waals surface area contributed by atoms with Crippen LogP contribution in [0.25, 0.3) is 21.6 Å². The first-order valence-corrected chi connectivity index (χ1v) is 11.2. The van der Waals surface area contributed by atoms with E-state index < -0.39 is 0 Å². The number of aromatic amines is 1. The number of imidazole rings is 1. The van der Waals surface area contributed by atoms with Crippen molar-refractivity contribution in [2.24, 2.45) is 0 Å². The van der Waals surface area contributed by atoms with Crippen LogP contribution in [0.15, 0.2) is 40.4 Å². The van der Waals surface area contributed by atoms with Gasteiger partial charge in [0.1, 0.15) is 10.8 Å². The van der Waals surface area contributed by atoms with Gasteiger partial charge in [0.05, 0.1) is 29.2 Å². The summed E-state index contributed by atoms with van der Waals surface area (Å²) in [6.45, 7) is 2.85. The second-order valence-corrected chi connectivity index (χ2v) is 8.86. The van der Waals surface area contributed by atoms with Crippen molar-refractivity contribution >= 4 is 39.6 Å². The van der Waals surface area contributed by atoms with Crippen molar-refractivity contribution in [1.29, 1.82) is 0 Å². The Hall–Kier alpha value is -2.51. The molecule has 0 spiro atoms. The van der Waals surface area contributed by atoms with Gasteiger partial charge in [-0.2, -0.15) is 11.3 Å². The summed E-state index contributed by atoms with van der Waals surface area (Å²) in [6.07, 6.45) is 2.29. The molecule has 7 heteroatoms. The molecular formula is C21H20N4OS2. The van der Waals surface area contributed by atoms with E-state index >= 15 is 0 Å². The molecule has 0 bridgehead atoms. The molecule has 1 amide bonds. The lowest BCUT2D eigenvalue weighted by Crippen LogP contribution is -2.32. The van der Waals surface area contributed by atoms with Crippen molar-refractivity contribution < 1.29 is 4.79 Å². The molecule has 1 atom stereocenters. The minimum absolute atomic E-state index is 0.0233. The number of thiazole rings is 1. The summed E-state index contributed by atoms with van der Waals surface area (Å²) < 4.78 is 0. The Labute approximate surface area is 171 Å². The number of carbonyl (C=O) groups excluding carboxylic acids is 1. The molecule has 1 fully saturated rings. The quantitative estimate of drug-likeness (QED) is 0.519. The van der Waals surface area contributed by atoms with Crippen LogP contribution in [0.2, 0.25) is 0 Å². The van der Waals surface area contributed by atoms with Crippen LogP contribution in [-0.2, 0) is 11.2 Å². The van der Waals surface area contributed by atoms with E-state index in [0.717, 1.165) is 52.5 Å². The summed E-state index contributed by atoms with van der Waals surface area (Å²) in [5, 5.41) is 7.12. The monoisotopic (exact) mass is 408 g/mol. The molecule has 0 saturated carbocycles.